The Morgan fingerprint density at radius 1 is 1.31 bits per heavy atom. The van der Waals surface area contributed by atoms with Crippen LogP contribution in [0.3, 0.4) is 0 Å². The number of halogens is 2. The number of aryl methyl sites for hydroxylation is 1. The summed E-state index contributed by atoms with van der Waals surface area (Å²) in [4.78, 5) is 29.9. The van der Waals surface area contributed by atoms with Crippen molar-refractivity contribution in [1.29, 1.82) is 0 Å². The van der Waals surface area contributed by atoms with E-state index in [4.69, 9.17) is 23.2 Å². The summed E-state index contributed by atoms with van der Waals surface area (Å²) in [6, 6.07) is 9.61. The zero-order chi connectivity index (χ0) is 18.8. The monoisotopic (exact) mass is 389 g/mol. The average molecular weight is 390 g/mol. The number of nitro groups is 1. The van der Waals surface area contributed by atoms with Gasteiger partial charge in [0.25, 0.3) is 11.2 Å². The first kappa shape index (κ1) is 18.1. The molecule has 0 radical (unpaired) electrons. The highest BCUT2D eigenvalue weighted by Crippen LogP contribution is 2.25. The number of fused-ring (bicyclic) bond motifs is 1. The Morgan fingerprint density at radius 3 is 2.77 bits per heavy atom. The fourth-order valence-electron chi connectivity index (χ4n) is 2.58. The number of hydrogen-bond donors (Lipinski definition) is 1. The topological polar surface area (TPSA) is 88.9 Å². The van der Waals surface area contributed by atoms with Crippen LogP contribution in [0.5, 0.6) is 0 Å². The van der Waals surface area contributed by atoms with Gasteiger partial charge < -0.3 is 4.98 Å². The fraction of sp³-hybridized carbons (Fsp3) is 0.111. The van der Waals surface area contributed by atoms with Crippen molar-refractivity contribution in [2.45, 2.75) is 13.3 Å². The SMILES string of the molecule is CCc1ccc(/C=C(\Cl)c2nc3cc(Cl)ccc3c(=O)[nH]2)cc1[N+](=O)[O-]. The van der Waals surface area contributed by atoms with Crippen LogP contribution < -0.4 is 5.56 Å². The van der Waals surface area contributed by atoms with Crippen molar-refractivity contribution in [2.24, 2.45) is 0 Å². The van der Waals surface area contributed by atoms with E-state index in [2.05, 4.69) is 9.97 Å². The first-order valence-electron chi connectivity index (χ1n) is 7.73. The molecule has 0 atom stereocenters. The van der Waals surface area contributed by atoms with E-state index in [1.54, 1.807) is 30.3 Å². The molecule has 8 heteroatoms. The molecule has 0 unspecified atom stereocenters. The second-order valence-corrected chi connectivity index (χ2v) is 6.41. The molecule has 132 valence electrons. The van der Waals surface area contributed by atoms with Crippen molar-refractivity contribution in [1.82, 2.24) is 9.97 Å². The van der Waals surface area contributed by atoms with Gasteiger partial charge in [0, 0.05) is 16.7 Å². The second kappa shape index (κ2) is 7.27. The molecule has 3 aromatic rings. The summed E-state index contributed by atoms with van der Waals surface area (Å²) >= 11 is 12.2. The Labute approximate surface area is 158 Å². The van der Waals surface area contributed by atoms with Crippen LogP contribution >= 0.6 is 23.2 Å². The Hall–Kier alpha value is -2.70. The number of nitrogens with zero attached hydrogens (tertiary/aromatic N) is 2. The molecular formula is C18H13Cl2N3O3. The second-order valence-electron chi connectivity index (χ2n) is 5.57. The van der Waals surface area contributed by atoms with E-state index in [9.17, 15) is 14.9 Å². The molecule has 1 N–H and O–H groups in total. The quantitative estimate of drug-likeness (QED) is 0.513. The lowest BCUT2D eigenvalue weighted by atomic mass is 10.1. The molecule has 0 spiro atoms. The standard InChI is InChI=1S/C18H13Cl2N3O3/c1-2-11-4-3-10(8-16(11)23(25)26)7-14(20)17-21-15-9-12(19)5-6-13(15)18(24)22-17/h3-9H,2H2,1H3,(H,21,22,24)/b14-7-. The molecule has 3 rings (SSSR count). The third-order valence-electron chi connectivity index (χ3n) is 3.88. The third-order valence-corrected chi connectivity index (χ3v) is 4.40. The number of hydrogen-bond acceptors (Lipinski definition) is 4. The van der Waals surface area contributed by atoms with Crippen LogP contribution in [0.15, 0.2) is 41.2 Å². The number of rotatable bonds is 4. The van der Waals surface area contributed by atoms with Crippen LogP contribution in [0.25, 0.3) is 22.0 Å². The number of aromatic amines is 1. The van der Waals surface area contributed by atoms with E-state index in [1.165, 1.54) is 12.1 Å². The van der Waals surface area contributed by atoms with Crippen molar-refractivity contribution in [3.63, 3.8) is 0 Å². The van der Waals surface area contributed by atoms with Gasteiger partial charge in [-0.25, -0.2) is 4.98 Å². The van der Waals surface area contributed by atoms with Crippen molar-refractivity contribution < 1.29 is 4.92 Å². The summed E-state index contributed by atoms with van der Waals surface area (Å²) in [6.45, 7) is 1.85. The molecule has 0 amide bonds. The van der Waals surface area contributed by atoms with E-state index >= 15 is 0 Å². The highest BCUT2D eigenvalue weighted by Gasteiger charge is 2.13. The van der Waals surface area contributed by atoms with Crippen LogP contribution in [0.2, 0.25) is 5.02 Å². The van der Waals surface area contributed by atoms with Gasteiger partial charge in [0.2, 0.25) is 0 Å². The van der Waals surface area contributed by atoms with Crippen molar-refractivity contribution in [2.75, 3.05) is 0 Å². The minimum Gasteiger partial charge on any atom is -0.305 e. The molecule has 0 saturated heterocycles. The van der Waals surface area contributed by atoms with Crippen LogP contribution in [0.4, 0.5) is 5.69 Å². The van der Waals surface area contributed by atoms with Gasteiger partial charge in [-0.3, -0.25) is 14.9 Å². The van der Waals surface area contributed by atoms with Gasteiger partial charge in [0.05, 0.1) is 20.9 Å². The molecular weight excluding hydrogens is 377 g/mol. The predicted octanol–water partition coefficient (Wildman–Crippen LogP) is 4.78. The Bertz CT molecular complexity index is 1110. The average Bonchev–Trinajstić information content (AvgIpc) is 2.61. The van der Waals surface area contributed by atoms with Gasteiger partial charge in [-0.05, 0) is 36.3 Å². The Kier molecular flexibility index (Phi) is 5.06. The molecule has 0 bridgehead atoms. The van der Waals surface area contributed by atoms with Crippen molar-refractivity contribution in [3.8, 4) is 0 Å². The van der Waals surface area contributed by atoms with Gasteiger partial charge in [-0.15, -0.1) is 0 Å². The molecule has 0 aliphatic heterocycles. The molecule has 6 nitrogen and oxygen atoms in total. The lowest BCUT2D eigenvalue weighted by Crippen LogP contribution is -2.10. The lowest BCUT2D eigenvalue weighted by Gasteiger charge is -2.04. The maximum Gasteiger partial charge on any atom is 0.273 e. The van der Waals surface area contributed by atoms with Crippen molar-refractivity contribution >= 4 is 50.9 Å². The Morgan fingerprint density at radius 2 is 2.08 bits per heavy atom. The highest BCUT2D eigenvalue weighted by molar-refractivity contribution is 6.50. The molecule has 0 aliphatic rings. The summed E-state index contributed by atoms with van der Waals surface area (Å²) in [6.07, 6.45) is 2.07. The first-order valence-corrected chi connectivity index (χ1v) is 8.49. The first-order chi connectivity index (χ1) is 12.4. The molecule has 0 aliphatic carbocycles. The van der Waals surface area contributed by atoms with Gasteiger partial charge in [-0.2, -0.15) is 0 Å². The highest BCUT2D eigenvalue weighted by atomic mass is 35.5. The summed E-state index contributed by atoms with van der Waals surface area (Å²) in [5, 5.41) is 12.2. The van der Waals surface area contributed by atoms with E-state index in [-0.39, 0.29) is 22.1 Å². The normalized spacial score (nSPS) is 11.7. The molecule has 2 aromatic carbocycles. The van der Waals surface area contributed by atoms with Crippen LogP contribution in [-0.2, 0) is 6.42 Å². The largest absolute Gasteiger partial charge is 0.305 e. The number of H-pyrrole nitrogens is 1. The number of nitro benzene ring substituents is 1. The molecule has 0 fully saturated rings. The zero-order valence-electron chi connectivity index (χ0n) is 13.6. The van der Waals surface area contributed by atoms with Gasteiger partial charge >= 0.3 is 0 Å². The number of aromatic nitrogens is 2. The smallest absolute Gasteiger partial charge is 0.273 e. The molecule has 1 aromatic heterocycles. The van der Waals surface area contributed by atoms with E-state index in [0.29, 0.717) is 33.5 Å². The summed E-state index contributed by atoms with van der Waals surface area (Å²) in [5.74, 6) is 0.161. The van der Waals surface area contributed by atoms with E-state index in [1.807, 2.05) is 6.92 Å². The summed E-state index contributed by atoms with van der Waals surface area (Å²) < 4.78 is 0. The Balaban J connectivity index is 2.08. The number of benzene rings is 2. The predicted molar refractivity (Wildman–Crippen MR) is 104 cm³/mol. The minimum atomic E-state index is -0.428. The molecule has 0 saturated carbocycles. The maximum absolute atomic E-state index is 12.2. The fourth-order valence-corrected chi connectivity index (χ4v) is 2.96. The van der Waals surface area contributed by atoms with Gasteiger partial charge in [0.1, 0.15) is 0 Å². The van der Waals surface area contributed by atoms with E-state index < -0.39 is 4.92 Å². The summed E-state index contributed by atoms with van der Waals surface area (Å²) in [5.41, 5.74) is 1.26. The van der Waals surface area contributed by atoms with E-state index in [0.717, 1.165) is 0 Å². The lowest BCUT2D eigenvalue weighted by molar-refractivity contribution is -0.385. The number of nitrogens with one attached hydrogen (secondary N) is 1. The van der Waals surface area contributed by atoms with Gasteiger partial charge in [-0.1, -0.05) is 42.3 Å². The minimum absolute atomic E-state index is 0.0254. The van der Waals surface area contributed by atoms with Crippen molar-refractivity contribution in [3.05, 3.63) is 78.8 Å². The summed E-state index contributed by atoms with van der Waals surface area (Å²) in [7, 11) is 0. The van der Waals surface area contributed by atoms with Gasteiger partial charge in [0.15, 0.2) is 5.82 Å². The van der Waals surface area contributed by atoms with Crippen LogP contribution in [0, 0.1) is 10.1 Å². The third kappa shape index (κ3) is 3.61. The maximum atomic E-state index is 12.2. The van der Waals surface area contributed by atoms with Crippen LogP contribution in [0.1, 0.15) is 23.9 Å². The zero-order valence-corrected chi connectivity index (χ0v) is 15.1. The molecule has 1 heterocycles. The molecule has 26 heavy (non-hydrogen) atoms. The van der Waals surface area contributed by atoms with Crippen LogP contribution in [-0.4, -0.2) is 14.9 Å².